The molecule has 1 N–H and O–H groups in total. The molecule has 0 saturated heterocycles. The highest BCUT2D eigenvalue weighted by molar-refractivity contribution is 6.99. The predicted molar refractivity (Wildman–Crippen MR) is 143 cm³/mol. The monoisotopic (exact) mass is 482 g/mol. The number of unbranched alkanes of at least 4 members (excludes halogenated alkanes) is 3. The van der Waals surface area contributed by atoms with Gasteiger partial charge in [-0.05, 0) is 41.3 Å². The topological polar surface area (TPSA) is 55.8 Å². The van der Waals surface area contributed by atoms with Gasteiger partial charge in [-0.1, -0.05) is 107 Å². The van der Waals surface area contributed by atoms with Crippen LogP contribution in [0.25, 0.3) is 0 Å². The standard InChI is InChI=1S/C29H42O4Si/c1-24(30)16-10-6-7-11-17-25(22-23-28(31)32-5)33-34(29(2,3)4,26-18-12-8-13-19-26)27-20-14-9-15-21-27/h8-9,12-15,18-25,30H,6-7,10-11,16-17H2,1-5H3/b23-22+/t24-,25-/m1/s1. The van der Waals surface area contributed by atoms with Crippen molar-refractivity contribution in [2.75, 3.05) is 7.11 Å². The molecule has 0 bridgehead atoms. The fraction of sp³-hybridized carbons (Fsp3) is 0.483. The Morgan fingerprint density at radius 2 is 1.41 bits per heavy atom. The summed E-state index contributed by atoms with van der Waals surface area (Å²) in [5, 5.41) is 11.8. The van der Waals surface area contributed by atoms with Crippen molar-refractivity contribution in [1.29, 1.82) is 0 Å². The van der Waals surface area contributed by atoms with Gasteiger partial charge in [0.2, 0.25) is 0 Å². The molecule has 34 heavy (non-hydrogen) atoms. The molecule has 2 aromatic rings. The molecule has 0 spiro atoms. The first-order valence-corrected chi connectivity index (χ1v) is 14.3. The maximum absolute atomic E-state index is 11.9. The van der Waals surface area contributed by atoms with Crippen LogP contribution in [0, 0.1) is 0 Å². The molecule has 0 saturated carbocycles. The van der Waals surface area contributed by atoms with Gasteiger partial charge in [-0.3, -0.25) is 0 Å². The molecule has 0 aliphatic rings. The molecule has 0 heterocycles. The highest BCUT2D eigenvalue weighted by Gasteiger charge is 2.51. The molecule has 0 unspecified atom stereocenters. The quantitative estimate of drug-likeness (QED) is 0.180. The largest absolute Gasteiger partial charge is 0.466 e. The summed E-state index contributed by atoms with van der Waals surface area (Å²) in [6.07, 6.45) is 8.76. The number of carbonyl (C=O) groups is 1. The average molecular weight is 483 g/mol. The number of ether oxygens (including phenoxy) is 1. The van der Waals surface area contributed by atoms with E-state index in [0.29, 0.717) is 0 Å². The normalized spacial score (nSPS) is 14.2. The van der Waals surface area contributed by atoms with Gasteiger partial charge in [0.05, 0.1) is 19.3 Å². The number of hydrogen-bond donors (Lipinski definition) is 1. The Balaban J connectivity index is 2.39. The highest BCUT2D eigenvalue weighted by Crippen LogP contribution is 2.38. The number of esters is 1. The van der Waals surface area contributed by atoms with E-state index in [-0.39, 0.29) is 23.2 Å². The minimum absolute atomic E-state index is 0.135. The molecule has 0 radical (unpaired) electrons. The fourth-order valence-electron chi connectivity index (χ4n) is 4.51. The van der Waals surface area contributed by atoms with Gasteiger partial charge in [0.25, 0.3) is 8.32 Å². The van der Waals surface area contributed by atoms with Crippen molar-refractivity contribution in [3.8, 4) is 0 Å². The van der Waals surface area contributed by atoms with Gasteiger partial charge >= 0.3 is 5.97 Å². The van der Waals surface area contributed by atoms with Crippen LogP contribution in [0.1, 0.15) is 66.2 Å². The van der Waals surface area contributed by atoms with Gasteiger partial charge < -0.3 is 14.3 Å². The molecule has 186 valence electrons. The van der Waals surface area contributed by atoms with Gasteiger partial charge in [0.15, 0.2) is 0 Å². The summed E-state index contributed by atoms with van der Waals surface area (Å²) in [5.74, 6) is -0.368. The van der Waals surface area contributed by atoms with Gasteiger partial charge in [0.1, 0.15) is 0 Å². The number of rotatable bonds is 13. The predicted octanol–water partition coefficient (Wildman–Crippen LogP) is 5.38. The van der Waals surface area contributed by atoms with Crippen molar-refractivity contribution in [1.82, 2.24) is 0 Å². The average Bonchev–Trinajstić information content (AvgIpc) is 2.82. The summed E-state index contributed by atoms with van der Waals surface area (Å²) in [6.45, 7) is 8.62. The summed E-state index contributed by atoms with van der Waals surface area (Å²) in [6, 6.07) is 21.1. The van der Waals surface area contributed by atoms with Gasteiger partial charge in [-0.2, -0.15) is 0 Å². The van der Waals surface area contributed by atoms with Crippen LogP contribution in [0.15, 0.2) is 72.8 Å². The Kier molecular flexibility index (Phi) is 11.2. The van der Waals surface area contributed by atoms with Crippen molar-refractivity contribution in [3.63, 3.8) is 0 Å². The smallest absolute Gasteiger partial charge is 0.330 e. The number of hydrogen-bond acceptors (Lipinski definition) is 4. The van der Waals surface area contributed by atoms with E-state index >= 15 is 0 Å². The summed E-state index contributed by atoms with van der Waals surface area (Å²) in [7, 11) is -1.33. The number of methoxy groups -OCH3 is 1. The van der Waals surface area contributed by atoms with Crippen LogP contribution in [0.3, 0.4) is 0 Å². The van der Waals surface area contributed by atoms with Crippen molar-refractivity contribution in [3.05, 3.63) is 72.8 Å². The molecule has 0 amide bonds. The molecule has 0 aliphatic heterocycles. The maximum Gasteiger partial charge on any atom is 0.330 e. The van der Waals surface area contributed by atoms with Gasteiger partial charge in [-0.25, -0.2) is 4.79 Å². The second kappa shape index (κ2) is 13.6. The molecule has 5 heteroatoms. The number of aliphatic hydroxyl groups is 1. The van der Waals surface area contributed by atoms with E-state index in [1.165, 1.54) is 23.6 Å². The van der Waals surface area contributed by atoms with Crippen LogP contribution in [-0.2, 0) is 14.0 Å². The fourth-order valence-corrected chi connectivity index (χ4v) is 9.17. The van der Waals surface area contributed by atoms with Crippen molar-refractivity contribution in [2.24, 2.45) is 0 Å². The zero-order valence-corrected chi connectivity index (χ0v) is 22.5. The maximum atomic E-state index is 11.9. The van der Waals surface area contributed by atoms with Crippen LogP contribution in [0.2, 0.25) is 5.04 Å². The molecular formula is C29H42O4Si. The summed E-state index contributed by atoms with van der Waals surface area (Å²) >= 11 is 0. The number of benzene rings is 2. The minimum Gasteiger partial charge on any atom is -0.466 e. The van der Waals surface area contributed by atoms with Gasteiger partial charge in [0, 0.05) is 6.08 Å². The highest BCUT2D eigenvalue weighted by atomic mass is 28.4. The second-order valence-corrected chi connectivity index (χ2v) is 14.3. The van der Waals surface area contributed by atoms with Crippen molar-refractivity contribution >= 4 is 24.7 Å². The molecule has 2 rings (SSSR count). The van der Waals surface area contributed by atoms with E-state index in [1.54, 1.807) is 0 Å². The van der Waals surface area contributed by atoms with Crippen LogP contribution in [0.4, 0.5) is 0 Å². The molecule has 2 atom stereocenters. The van der Waals surface area contributed by atoms with Crippen LogP contribution in [0.5, 0.6) is 0 Å². The first-order chi connectivity index (χ1) is 16.2. The SMILES string of the molecule is COC(=O)/C=C/[C@@H](CCCCCC[C@@H](C)O)O[Si](c1ccccc1)(c1ccccc1)C(C)(C)C. The Labute approximate surface area is 207 Å². The molecule has 4 nitrogen and oxygen atoms in total. The minimum atomic E-state index is -2.72. The zero-order chi connectivity index (χ0) is 25.0. The molecule has 0 aliphatic carbocycles. The lowest BCUT2D eigenvalue weighted by atomic mass is 10.1. The van der Waals surface area contributed by atoms with E-state index < -0.39 is 8.32 Å². The molecule has 2 aromatic carbocycles. The van der Waals surface area contributed by atoms with E-state index in [4.69, 9.17) is 9.16 Å². The van der Waals surface area contributed by atoms with Crippen LogP contribution < -0.4 is 10.4 Å². The Morgan fingerprint density at radius 3 is 1.85 bits per heavy atom. The third-order valence-corrected chi connectivity index (χ3v) is 11.3. The Bertz CT molecular complexity index is 833. The second-order valence-electron chi connectivity index (χ2n) is 10.0. The van der Waals surface area contributed by atoms with Gasteiger partial charge in [-0.15, -0.1) is 0 Å². The third-order valence-electron chi connectivity index (χ3n) is 6.25. The Hall–Kier alpha value is -2.21. The summed E-state index contributed by atoms with van der Waals surface area (Å²) in [4.78, 5) is 11.9. The Morgan fingerprint density at radius 1 is 0.912 bits per heavy atom. The lowest BCUT2D eigenvalue weighted by molar-refractivity contribution is -0.134. The van der Waals surface area contributed by atoms with E-state index in [0.717, 1.165) is 38.5 Å². The van der Waals surface area contributed by atoms with Crippen LogP contribution in [-0.4, -0.2) is 38.7 Å². The molecular weight excluding hydrogens is 440 g/mol. The molecule has 0 fully saturated rings. The van der Waals surface area contributed by atoms with Crippen molar-refractivity contribution < 1.29 is 19.1 Å². The zero-order valence-electron chi connectivity index (χ0n) is 21.5. The third kappa shape index (κ3) is 7.93. The lowest BCUT2D eigenvalue weighted by Crippen LogP contribution is -2.67. The summed E-state index contributed by atoms with van der Waals surface area (Å²) in [5.41, 5.74) is 0. The van der Waals surface area contributed by atoms with E-state index in [9.17, 15) is 9.90 Å². The molecule has 0 aromatic heterocycles. The first kappa shape index (κ1) is 28.0. The first-order valence-electron chi connectivity index (χ1n) is 12.4. The number of carbonyl (C=O) groups excluding carboxylic acids is 1. The number of aliphatic hydroxyl groups excluding tert-OH is 1. The summed E-state index contributed by atoms with van der Waals surface area (Å²) < 4.78 is 12.1. The van der Waals surface area contributed by atoms with Crippen LogP contribution >= 0.6 is 0 Å². The van der Waals surface area contributed by atoms with E-state index in [1.807, 2.05) is 25.1 Å². The lowest BCUT2D eigenvalue weighted by Gasteiger charge is -2.44. The van der Waals surface area contributed by atoms with Crippen molar-refractivity contribution in [2.45, 2.75) is 83.5 Å². The van der Waals surface area contributed by atoms with E-state index in [2.05, 4.69) is 69.3 Å².